The predicted octanol–water partition coefficient (Wildman–Crippen LogP) is 0.835. The zero-order chi connectivity index (χ0) is 48.8. The molecule has 0 saturated carbocycles. The highest BCUT2D eigenvalue weighted by atomic mass is 32.2. The Morgan fingerprint density at radius 1 is 0.746 bits per heavy atom. The number of carboxylic acid groups (broad SMARTS) is 1. The van der Waals surface area contributed by atoms with E-state index in [1.54, 1.807) is 50.6 Å². The van der Waals surface area contributed by atoms with Gasteiger partial charge in [-0.2, -0.15) is 11.8 Å². The molecule has 6 amide bonds. The molecule has 1 fully saturated rings. The van der Waals surface area contributed by atoms with Crippen molar-refractivity contribution in [1.82, 2.24) is 36.5 Å². The molecule has 0 spiro atoms. The number of aliphatic hydroxyl groups excluding tert-OH is 1. The second kappa shape index (κ2) is 24.2. The summed E-state index contributed by atoms with van der Waals surface area (Å²) in [5, 5.41) is 53.5. The number of aromatic nitrogens is 1. The van der Waals surface area contributed by atoms with Crippen LogP contribution in [-0.2, 0) is 52.8 Å². The Morgan fingerprint density at radius 2 is 1.33 bits per heavy atom. The number of rotatable bonds is 23. The van der Waals surface area contributed by atoms with Gasteiger partial charge >= 0.3 is 5.97 Å². The van der Waals surface area contributed by atoms with Gasteiger partial charge in [0.1, 0.15) is 47.8 Å². The number of aromatic amines is 1. The number of nitrogens with one attached hydrogen (secondary N) is 6. The molecule has 360 valence electrons. The lowest BCUT2D eigenvalue weighted by Crippen LogP contribution is -2.61. The molecule has 19 nitrogen and oxygen atoms in total. The van der Waals surface area contributed by atoms with Gasteiger partial charge in [0.2, 0.25) is 35.4 Å². The smallest absolute Gasteiger partial charge is 0.326 e. The summed E-state index contributed by atoms with van der Waals surface area (Å²) in [6, 6.07) is 10.7. The van der Waals surface area contributed by atoms with Gasteiger partial charge in [-0.05, 0) is 90.6 Å². The number of carbonyl (C=O) groups is 7. The van der Waals surface area contributed by atoms with E-state index in [-0.39, 0.29) is 50.1 Å². The van der Waals surface area contributed by atoms with Crippen LogP contribution in [0.1, 0.15) is 49.8 Å². The molecule has 1 aliphatic heterocycles. The Hall–Kier alpha value is -6.64. The number of H-pyrrole nitrogens is 1. The minimum absolute atomic E-state index is 0.00617. The van der Waals surface area contributed by atoms with Gasteiger partial charge < -0.3 is 62.6 Å². The summed E-state index contributed by atoms with van der Waals surface area (Å²) in [7, 11) is 0. The molecule has 4 aromatic rings. The van der Waals surface area contributed by atoms with Gasteiger partial charge in [-0.1, -0.05) is 56.3 Å². The number of fused-ring (bicyclic) bond motifs is 1. The van der Waals surface area contributed by atoms with Gasteiger partial charge in [0.05, 0.1) is 12.6 Å². The summed E-state index contributed by atoms with van der Waals surface area (Å²) in [5.41, 5.74) is 9.19. The third-order valence-electron chi connectivity index (χ3n) is 11.6. The monoisotopic (exact) mass is 944 g/mol. The van der Waals surface area contributed by atoms with Crippen molar-refractivity contribution in [3.05, 3.63) is 95.7 Å². The second-order valence-electron chi connectivity index (χ2n) is 16.9. The predicted molar refractivity (Wildman–Crippen MR) is 251 cm³/mol. The molecule has 1 aliphatic rings. The van der Waals surface area contributed by atoms with Gasteiger partial charge in [-0.15, -0.1) is 0 Å². The lowest BCUT2D eigenvalue weighted by atomic mass is 9.98. The highest BCUT2D eigenvalue weighted by Gasteiger charge is 2.40. The Labute approximate surface area is 392 Å². The molecular formula is C47H60N8O11S. The summed E-state index contributed by atoms with van der Waals surface area (Å²) >= 11 is 1.38. The zero-order valence-corrected chi connectivity index (χ0v) is 38.4. The summed E-state index contributed by atoms with van der Waals surface area (Å²) in [6.45, 7) is 2.60. The number of benzene rings is 3. The lowest BCUT2D eigenvalue weighted by molar-refractivity contribution is -0.144. The van der Waals surface area contributed by atoms with Crippen LogP contribution in [-0.4, -0.2) is 139 Å². The standard InChI is InChI=1S/C47H60N8O11S/c1-26(2)40(54-42(60)36(21-27-10-14-30(57)15-11-27)51-41(59)33(48)23-29-24-49-34-8-5-4-7-32(29)34)45(63)52-37(22-28-12-16-31(58)17-13-28)46(64)55-19-6-9-39(55)44(62)53-38(25-56)43(61)50-35(47(65)66)18-20-67-3/h4-5,7-8,10-17,24,26,33,35-40,49,56-58H,6,9,18-23,25,48H2,1-3H3,(H,50,61)(H,51,59)(H,52,63)(H,53,62)(H,54,60)(H,65,66)/t33-,35-,36-,37-,38-,39-,40-/m0/s1. The van der Waals surface area contributed by atoms with Crippen molar-refractivity contribution in [2.75, 3.05) is 25.2 Å². The summed E-state index contributed by atoms with van der Waals surface area (Å²) < 4.78 is 0. The number of aliphatic carboxylic acids is 1. The van der Waals surface area contributed by atoms with E-state index < -0.39 is 96.2 Å². The average molecular weight is 945 g/mol. The molecule has 67 heavy (non-hydrogen) atoms. The number of aromatic hydroxyl groups is 2. The quantitative estimate of drug-likeness (QED) is 0.0492. The fourth-order valence-corrected chi connectivity index (χ4v) is 8.31. The number of nitrogens with two attached hydrogens (primary N) is 1. The van der Waals surface area contributed by atoms with Crippen LogP contribution >= 0.6 is 11.8 Å². The summed E-state index contributed by atoms with van der Waals surface area (Å²) in [6.07, 6.45) is 4.21. The van der Waals surface area contributed by atoms with Gasteiger partial charge in [0.25, 0.3) is 0 Å². The van der Waals surface area contributed by atoms with Gasteiger partial charge in [0.15, 0.2) is 0 Å². The first kappa shape index (κ1) is 51.3. The first-order chi connectivity index (χ1) is 32.0. The normalized spacial score (nSPS) is 16.3. The number of carbonyl (C=O) groups excluding carboxylic acids is 6. The molecule has 12 N–H and O–H groups in total. The maximum atomic E-state index is 14.5. The number of hydrogen-bond acceptors (Lipinski definition) is 12. The molecule has 0 radical (unpaired) electrons. The van der Waals surface area contributed by atoms with E-state index in [1.807, 2.05) is 24.3 Å². The minimum Gasteiger partial charge on any atom is -0.508 e. The van der Waals surface area contributed by atoms with E-state index in [4.69, 9.17) is 5.73 Å². The number of phenols is 2. The Morgan fingerprint density at radius 3 is 1.93 bits per heavy atom. The van der Waals surface area contributed by atoms with E-state index in [0.29, 0.717) is 23.3 Å². The first-order valence-electron chi connectivity index (χ1n) is 22.0. The number of aliphatic hydroxyl groups is 1. The molecule has 0 aliphatic carbocycles. The van der Waals surface area contributed by atoms with Gasteiger partial charge in [-0.25, -0.2) is 4.79 Å². The fraction of sp³-hybridized carbons (Fsp3) is 0.426. The molecule has 1 aromatic heterocycles. The van der Waals surface area contributed by atoms with E-state index >= 15 is 0 Å². The van der Waals surface area contributed by atoms with Crippen LogP contribution in [0.25, 0.3) is 10.9 Å². The Kier molecular flexibility index (Phi) is 18.6. The van der Waals surface area contributed by atoms with Crippen LogP contribution in [0, 0.1) is 5.92 Å². The highest BCUT2D eigenvalue weighted by Crippen LogP contribution is 2.22. The molecule has 5 rings (SSSR count). The number of thioether (sulfide) groups is 1. The number of carboxylic acids is 1. The number of amides is 6. The molecular weight excluding hydrogens is 885 g/mol. The van der Waals surface area contributed by atoms with Crippen molar-refractivity contribution in [1.29, 1.82) is 0 Å². The topological polar surface area (TPSA) is 306 Å². The number of phenolic OH excluding ortho intramolecular Hbond substituents is 2. The van der Waals surface area contributed by atoms with Crippen molar-refractivity contribution >= 4 is 64.1 Å². The maximum Gasteiger partial charge on any atom is 0.326 e. The lowest BCUT2D eigenvalue weighted by Gasteiger charge is -2.31. The van der Waals surface area contributed by atoms with Crippen LogP contribution in [0.3, 0.4) is 0 Å². The van der Waals surface area contributed by atoms with E-state index in [0.717, 1.165) is 16.5 Å². The highest BCUT2D eigenvalue weighted by molar-refractivity contribution is 7.98. The van der Waals surface area contributed by atoms with E-state index in [9.17, 15) is 54.0 Å². The van der Waals surface area contributed by atoms with Crippen LogP contribution in [0.5, 0.6) is 11.5 Å². The number of para-hydroxylation sites is 1. The summed E-state index contributed by atoms with van der Waals surface area (Å²) in [5.74, 6) is -5.92. The molecule has 0 unspecified atom stereocenters. The molecule has 2 heterocycles. The molecule has 3 aromatic carbocycles. The van der Waals surface area contributed by atoms with Crippen molar-refractivity contribution < 1.29 is 54.0 Å². The minimum atomic E-state index is -1.53. The van der Waals surface area contributed by atoms with Gasteiger partial charge in [-0.3, -0.25) is 28.8 Å². The number of nitrogens with zero attached hydrogens (tertiary/aromatic N) is 1. The zero-order valence-electron chi connectivity index (χ0n) is 37.6. The van der Waals surface area contributed by atoms with Crippen LogP contribution in [0.15, 0.2) is 79.0 Å². The maximum absolute atomic E-state index is 14.5. The third-order valence-corrected chi connectivity index (χ3v) is 12.2. The second-order valence-corrected chi connectivity index (χ2v) is 17.9. The third kappa shape index (κ3) is 14.2. The SMILES string of the molecule is CSCC[C@H](NC(=O)[C@H](CO)NC(=O)[C@@H]1CCCN1C(=O)[C@H](Cc1ccc(O)cc1)NC(=O)[C@@H](NC(=O)[C@H](Cc1ccc(O)cc1)NC(=O)[C@@H](N)Cc1c[nH]c2ccccc12)C(C)C)C(=O)O. The van der Waals surface area contributed by atoms with Crippen LogP contribution in [0.2, 0.25) is 0 Å². The van der Waals surface area contributed by atoms with Crippen LogP contribution < -0.4 is 32.3 Å². The molecule has 1 saturated heterocycles. The molecule has 7 atom stereocenters. The molecule has 20 heteroatoms. The summed E-state index contributed by atoms with van der Waals surface area (Å²) in [4.78, 5) is 99.7. The van der Waals surface area contributed by atoms with Crippen molar-refractivity contribution in [3.8, 4) is 11.5 Å². The average Bonchev–Trinajstić information content (AvgIpc) is 3.97. The van der Waals surface area contributed by atoms with Crippen LogP contribution in [0.4, 0.5) is 0 Å². The van der Waals surface area contributed by atoms with E-state index in [1.165, 1.54) is 40.9 Å². The number of likely N-dealkylation sites (tertiary alicyclic amines) is 1. The van der Waals surface area contributed by atoms with Crippen molar-refractivity contribution in [2.24, 2.45) is 11.7 Å². The van der Waals surface area contributed by atoms with Crippen molar-refractivity contribution in [2.45, 2.75) is 94.7 Å². The Balaban J connectivity index is 1.33. The first-order valence-corrected chi connectivity index (χ1v) is 23.4. The molecule has 0 bridgehead atoms. The fourth-order valence-electron chi connectivity index (χ4n) is 7.83. The van der Waals surface area contributed by atoms with Crippen molar-refractivity contribution in [3.63, 3.8) is 0 Å². The Bertz CT molecular complexity index is 2360. The largest absolute Gasteiger partial charge is 0.508 e. The van der Waals surface area contributed by atoms with E-state index in [2.05, 4.69) is 31.6 Å². The number of hydrogen-bond donors (Lipinski definition) is 11. The van der Waals surface area contributed by atoms with Gasteiger partial charge in [0, 0.05) is 36.5 Å².